The Labute approximate surface area is 141 Å². The largest absolute Gasteiger partial charge is 0.479 e. The lowest BCUT2D eigenvalue weighted by Crippen LogP contribution is -2.40. The zero-order valence-corrected chi connectivity index (χ0v) is 14.2. The Hall–Kier alpha value is -2.44. The van der Waals surface area contributed by atoms with E-state index in [4.69, 9.17) is 9.26 Å². The fourth-order valence-electron chi connectivity index (χ4n) is 2.82. The molecular weight excluding hydrogens is 308 g/mol. The predicted molar refractivity (Wildman–Crippen MR) is 86.4 cm³/mol. The lowest BCUT2D eigenvalue weighted by Gasteiger charge is -2.25. The maximum Gasteiger partial charge on any atom is 0.263 e. The van der Waals surface area contributed by atoms with Gasteiger partial charge in [-0.15, -0.1) is 0 Å². The third-order valence-corrected chi connectivity index (χ3v) is 4.08. The normalized spacial score (nSPS) is 18.8. The van der Waals surface area contributed by atoms with Crippen molar-refractivity contribution in [3.8, 4) is 5.75 Å². The molecule has 0 aliphatic carbocycles. The smallest absolute Gasteiger partial charge is 0.263 e. The molecule has 2 aromatic rings. The molecule has 2 atom stereocenters. The Morgan fingerprint density at radius 2 is 2.25 bits per heavy atom. The maximum atomic E-state index is 12.8. The number of nitrogens with zero attached hydrogens (tertiary/aromatic N) is 4. The van der Waals surface area contributed by atoms with Crippen LogP contribution in [-0.4, -0.2) is 38.6 Å². The third-order valence-electron chi connectivity index (χ3n) is 4.08. The summed E-state index contributed by atoms with van der Waals surface area (Å²) in [4.78, 5) is 23.0. The van der Waals surface area contributed by atoms with Crippen molar-refractivity contribution >= 4 is 5.91 Å². The van der Waals surface area contributed by atoms with Gasteiger partial charge in [-0.05, 0) is 31.9 Å². The summed E-state index contributed by atoms with van der Waals surface area (Å²) < 4.78 is 11.0. The van der Waals surface area contributed by atoms with Crippen LogP contribution in [0.3, 0.4) is 0 Å². The number of hydrogen-bond acceptors (Lipinski definition) is 6. The highest BCUT2D eigenvalue weighted by atomic mass is 16.5. The molecule has 3 heterocycles. The fourth-order valence-corrected chi connectivity index (χ4v) is 2.82. The number of aromatic nitrogens is 3. The highest BCUT2D eigenvalue weighted by molar-refractivity contribution is 5.81. The topological polar surface area (TPSA) is 81.4 Å². The molecule has 24 heavy (non-hydrogen) atoms. The summed E-state index contributed by atoms with van der Waals surface area (Å²) >= 11 is 0. The molecule has 1 aliphatic rings. The standard InChI is InChI=1S/C17H22N4O3/c1-11(2)16-19-15(20-24-16)14-7-5-9-21(14)17(22)12(3)23-13-6-4-8-18-10-13/h4,6,8,10-12,14H,5,7,9H2,1-3H3/t12-,14-/m1/s1. The van der Waals surface area contributed by atoms with Crippen molar-refractivity contribution in [1.82, 2.24) is 20.0 Å². The molecule has 1 saturated heterocycles. The van der Waals surface area contributed by atoms with Crippen LogP contribution in [-0.2, 0) is 4.79 Å². The van der Waals surface area contributed by atoms with Gasteiger partial charge in [-0.1, -0.05) is 19.0 Å². The molecule has 1 amide bonds. The van der Waals surface area contributed by atoms with Crippen molar-refractivity contribution in [3.05, 3.63) is 36.2 Å². The molecule has 0 aromatic carbocycles. The Kier molecular flexibility index (Phi) is 4.78. The Morgan fingerprint density at radius 3 is 2.92 bits per heavy atom. The zero-order chi connectivity index (χ0) is 17.1. The van der Waals surface area contributed by atoms with Crippen LogP contribution in [0.1, 0.15) is 57.3 Å². The Bertz CT molecular complexity index is 686. The van der Waals surface area contributed by atoms with Gasteiger partial charge in [0.25, 0.3) is 5.91 Å². The van der Waals surface area contributed by atoms with Crippen LogP contribution in [0.25, 0.3) is 0 Å². The number of rotatable bonds is 5. The Morgan fingerprint density at radius 1 is 1.42 bits per heavy atom. The lowest BCUT2D eigenvalue weighted by molar-refractivity contribution is -0.139. The first kappa shape index (κ1) is 16.4. The van der Waals surface area contributed by atoms with E-state index in [1.165, 1.54) is 0 Å². The van der Waals surface area contributed by atoms with E-state index in [0.717, 1.165) is 12.8 Å². The van der Waals surface area contributed by atoms with Crippen LogP contribution in [0, 0.1) is 0 Å². The average molecular weight is 330 g/mol. The highest BCUT2D eigenvalue weighted by Crippen LogP contribution is 2.31. The van der Waals surface area contributed by atoms with Crippen LogP contribution in [0.5, 0.6) is 5.75 Å². The van der Waals surface area contributed by atoms with Crippen LogP contribution in [0.4, 0.5) is 0 Å². The summed E-state index contributed by atoms with van der Waals surface area (Å²) in [7, 11) is 0. The molecule has 0 saturated carbocycles. The van der Waals surface area contributed by atoms with Gasteiger partial charge >= 0.3 is 0 Å². The van der Waals surface area contributed by atoms with Gasteiger partial charge < -0.3 is 14.2 Å². The monoisotopic (exact) mass is 330 g/mol. The van der Waals surface area contributed by atoms with Crippen molar-refractivity contribution in [2.24, 2.45) is 0 Å². The molecular formula is C17H22N4O3. The van der Waals surface area contributed by atoms with Crippen LogP contribution >= 0.6 is 0 Å². The first-order valence-electron chi connectivity index (χ1n) is 8.27. The van der Waals surface area contributed by atoms with E-state index in [0.29, 0.717) is 24.0 Å². The average Bonchev–Trinajstić information content (AvgIpc) is 3.24. The number of pyridine rings is 1. The molecule has 0 radical (unpaired) electrons. The number of ether oxygens (including phenoxy) is 1. The predicted octanol–water partition coefficient (Wildman–Crippen LogP) is 2.72. The van der Waals surface area contributed by atoms with E-state index in [1.807, 2.05) is 13.8 Å². The molecule has 0 N–H and O–H groups in total. The molecule has 1 aliphatic heterocycles. The van der Waals surface area contributed by atoms with Crippen molar-refractivity contribution in [1.29, 1.82) is 0 Å². The van der Waals surface area contributed by atoms with Crippen molar-refractivity contribution in [2.45, 2.75) is 51.7 Å². The van der Waals surface area contributed by atoms with Gasteiger partial charge in [-0.2, -0.15) is 4.98 Å². The minimum atomic E-state index is -0.591. The van der Waals surface area contributed by atoms with Crippen LogP contribution in [0.2, 0.25) is 0 Å². The fraction of sp³-hybridized carbons (Fsp3) is 0.529. The second-order valence-corrected chi connectivity index (χ2v) is 6.28. The summed E-state index contributed by atoms with van der Waals surface area (Å²) in [5.41, 5.74) is 0. The minimum Gasteiger partial charge on any atom is -0.479 e. The number of amides is 1. The van der Waals surface area contributed by atoms with Gasteiger partial charge in [0.2, 0.25) is 5.89 Å². The molecule has 0 bridgehead atoms. The first-order chi connectivity index (χ1) is 11.6. The van der Waals surface area contributed by atoms with Crippen molar-refractivity contribution in [2.75, 3.05) is 6.54 Å². The molecule has 2 aromatic heterocycles. The summed E-state index contributed by atoms with van der Waals surface area (Å²) in [5.74, 6) is 1.86. The van der Waals surface area contributed by atoms with Gasteiger partial charge in [0, 0.05) is 18.7 Å². The number of carbonyl (C=O) groups excluding carboxylic acids is 1. The van der Waals surface area contributed by atoms with E-state index in [1.54, 1.807) is 36.4 Å². The van der Waals surface area contributed by atoms with Gasteiger partial charge in [-0.3, -0.25) is 9.78 Å². The lowest BCUT2D eigenvalue weighted by atomic mass is 10.2. The number of likely N-dealkylation sites (tertiary alicyclic amines) is 1. The van der Waals surface area contributed by atoms with E-state index in [2.05, 4.69) is 15.1 Å². The SMILES string of the molecule is CC(C)c1nc([C@H]2CCCN2C(=O)[C@@H](C)Oc2cccnc2)no1. The molecule has 0 spiro atoms. The van der Waals surface area contributed by atoms with E-state index < -0.39 is 6.10 Å². The third kappa shape index (κ3) is 3.39. The summed E-state index contributed by atoms with van der Waals surface area (Å²) in [5, 5.41) is 4.06. The number of hydrogen-bond donors (Lipinski definition) is 0. The molecule has 0 unspecified atom stereocenters. The van der Waals surface area contributed by atoms with Gasteiger partial charge in [-0.25, -0.2) is 0 Å². The minimum absolute atomic E-state index is 0.0720. The van der Waals surface area contributed by atoms with Gasteiger partial charge in [0.05, 0.1) is 12.2 Å². The molecule has 3 rings (SSSR count). The summed E-state index contributed by atoms with van der Waals surface area (Å²) in [6, 6.07) is 3.42. The molecule has 128 valence electrons. The molecule has 1 fully saturated rings. The highest BCUT2D eigenvalue weighted by Gasteiger charge is 2.36. The summed E-state index contributed by atoms with van der Waals surface area (Å²) in [6.45, 7) is 6.42. The second kappa shape index (κ2) is 6.98. The quantitative estimate of drug-likeness (QED) is 0.838. The Balaban J connectivity index is 1.70. The van der Waals surface area contributed by atoms with Crippen molar-refractivity contribution < 1.29 is 14.1 Å². The number of carbonyl (C=O) groups is 1. The van der Waals surface area contributed by atoms with E-state index in [9.17, 15) is 4.79 Å². The summed E-state index contributed by atoms with van der Waals surface area (Å²) in [6.07, 6.45) is 4.42. The van der Waals surface area contributed by atoms with E-state index in [-0.39, 0.29) is 17.9 Å². The molecule has 7 nitrogen and oxygen atoms in total. The van der Waals surface area contributed by atoms with Crippen LogP contribution in [0.15, 0.2) is 29.0 Å². The second-order valence-electron chi connectivity index (χ2n) is 6.28. The molecule has 7 heteroatoms. The van der Waals surface area contributed by atoms with Crippen molar-refractivity contribution in [3.63, 3.8) is 0 Å². The van der Waals surface area contributed by atoms with Gasteiger partial charge in [0.1, 0.15) is 5.75 Å². The maximum absolute atomic E-state index is 12.8. The zero-order valence-electron chi connectivity index (χ0n) is 14.2. The van der Waals surface area contributed by atoms with E-state index >= 15 is 0 Å². The van der Waals surface area contributed by atoms with Gasteiger partial charge in [0.15, 0.2) is 11.9 Å². The van der Waals surface area contributed by atoms with Crippen LogP contribution < -0.4 is 4.74 Å². The first-order valence-corrected chi connectivity index (χ1v) is 8.27.